The molecule has 140 valence electrons. The number of halogens is 1. The lowest BCUT2D eigenvalue weighted by Crippen LogP contribution is -2.29. The second kappa shape index (κ2) is 7.64. The number of rotatable bonds is 5. The molecule has 0 amide bonds. The molecule has 0 saturated heterocycles. The van der Waals surface area contributed by atoms with Gasteiger partial charge >= 0.3 is 0 Å². The Morgan fingerprint density at radius 3 is 2.64 bits per heavy atom. The maximum atomic E-state index is 4.81. The molecule has 28 heavy (non-hydrogen) atoms. The summed E-state index contributed by atoms with van der Waals surface area (Å²) in [6.45, 7) is 5.03. The SMILES string of the molecule is CC(C)(CNc1nc(-c2cccnc2)nc2ccc(Br)cc12)c1ccccn1. The van der Waals surface area contributed by atoms with E-state index in [1.165, 1.54) is 0 Å². The van der Waals surface area contributed by atoms with Crippen molar-refractivity contribution >= 4 is 32.7 Å². The quantitative estimate of drug-likeness (QED) is 0.466. The highest BCUT2D eigenvalue weighted by molar-refractivity contribution is 9.10. The highest BCUT2D eigenvalue weighted by atomic mass is 79.9. The Bertz CT molecular complexity index is 1100. The van der Waals surface area contributed by atoms with E-state index in [-0.39, 0.29) is 5.41 Å². The van der Waals surface area contributed by atoms with Crippen molar-refractivity contribution in [3.8, 4) is 11.4 Å². The number of nitrogens with one attached hydrogen (secondary N) is 1. The molecule has 4 aromatic rings. The predicted molar refractivity (Wildman–Crippen MR) is 116 cm³/mol. The molecule has 3 aromatic heterocycles. The molecule has 0 bridgehead atoms. The van der Waals surface area contributed by atoms with E-state index in [9.17, 15) is 0 Å². The van der Waals surface area contributed by atoms with Crippen molar-refractivity contribution in [3.05, 3.63) is 77.3 Å². The third kappa shape index (κ3) is 3.87. The van der Waals surface area contributed by atoms with Gasteiger partial charge in [0.15, 0.2) is 5.82 Å². The molecule has 5 nitrogen and oxygen atoms in total. The van der Waals surface area contributed by atoms with Crippen LogP contribution in [0, 0.1) is 0 Å². The first kappa shape index (κ1) is 18.5. The molecule has 1 N–H and O–H groups in total. The molecule has 0 saturated carbocycles. The standard InChI is InChI=1S/C22H20BrN5/c1-22(2,19-7-3-4-11-25-19)14-26-21-17-12-16(23)8-9-18(17)27-20(28-21)15-6-5-10-24-13-15/h3-13H,14H2,1-2H3,(H,26,27,28). The number of pyridine rings is 2. The molecule has 0 aliphatic rings. The van der Waals surface area contributed by atoms with Gasteiger partial charge in [0.05, 0.1) is 5.52 Å². The molecule has 0 radical (unpaired) electrons. The molecule has 0 spiro atoms. The van der Waals surface area contributed by atoms with Gasteiger partial charge in [0.2, 0.25) is 0 Å². The van der Waals surface area contributed by atoms with Gasteiger partial charge in [-0.05, 0) is 42.5 Å². The summed E-state index contributed by atoms with van der Waals surface area (Å²) in [5.74, 6) is 1.45. The van der Waals surface area contributed by atoms with Crippen LogP contribution in [0.4, 0.5) is 5.82 Å². The van der Waals surface area contributed by atoms with Crippen molar-refractivity contribution in [3.63, 3.8) is 0 Å². The summed E-state index contributed by atoms with van der Waals surface area (Å²) in [6, 6.07) is 15.9. The van der Waals surface area contributed by atoms with Crippen LogP contribution in [0.2, 0.25) is 0 Å². The summed E-state index contributed by atoms with van der Waals surface area (Å²) in [7, 11) is 0. The first-order chi connectivity index (χ1) is 13.5. The highest BCUT2D eigenvalue weighted by Gasteiger charge is 2.22. The van der Waals surface area contributed by atoms with Crippen LogP contribution < -0.4 is 5.32 Å². The zero-order valence-electron chi connectivity index (χ0n) is 15.7. The predicted octanol–water partition coefficient (Wildman–Crippen LogP) is 5.24. The van der Waals surface area contributed by atoms with Crippen molar-refractivity contribution in [2.75, 3.05) is 11.9 Å². The van der Waals surface area contributed by atoms with E-state index in [1.807, 2.05) is 48.7 Å². The molecule has 1 aromatic carbocycles. The largest absolute Gasteiger partial charge is 0.369 e. The van der Waals surface area contributed by atoms with Crippen LogP contribution in [0.5, 0.6) is 0 Å². The summed E-state index contributed by atoms with van der Waals surface area (Å²) in [6.07, 6.45) is 5.35. The molecule has 0 atom stereocenters. The molecule has 0 fully saturated rings. The third-order valence-corrected chi connectivity index (χ3v) is 5.13. The van der Waals surface area contributed by atoms with Crippen LogP contribution in [0.15, 0.2) is 71.6 Å². The molecule has 4 rings (SSSR count). The molecule has 0 aliphatic heterocycles. The smallest absolute Gasteiger partial charge is 0.163 e. The van der Waals surface area contributed by atoms with Gasteiger partial charge in [-0.2, -0.15) is 0 Å². The fraction of sp³-hybridized carbons (Fsp3) is 0.182. The Morgan fingerprint density at radius 1 is 1.00 bits per heavy atom. The Labute approximate surface area is 172 Å². The van der Waals surface area contributed by atoms with E-state index in [2.05, 4.69) is 51.1 Å². The van der Waals surface area contributed by atoms with Crippen LogP contribution in [0.1, 0.15) is 19.5 Å². The maximum Gasteiger partial charge on any atom is 0.163 e. The normalized spacial score (nSPS) is 11.5. The van der Waals surface area contributed by atoms with Gasteiger partial charge in [-0.25, -0.2) is 9.97 Å². The molecule has 6 heteroatoms. The van der Waals surface area contributed by atoms with Crippen LogP contribution in [0.3, 0.4) is 0 Å². The van der Waals surface area contributed by atoms with Crippen molar-refractivity contribution < 1.29 is 0 Å². The maximum absolute atomic E-state index is 4.81. The number of nitrogens with zero attached hydrogens (tertiary/aromatic N) is 4. The van der Waals surface area contributed by atoms with Crippen LogP contribution in [-0.2, 0) is 5.41 Å². The Morgan fingerprint density at radius 2 is 1.89 bits per heavy atom. The fourth-order valence-corrected chi connectivity index (χ4v) is 3.38. The number of anilines is 1. The van der Waals surface area contributed by atoms with Gasteiger partial charge in [-0.1, -0.05) is 35.8 Å². The number of benzene rings is 1. The van der Waals surface area contributed by atoms with Crippen LogP contribution in [-0.4, -0.2) is 26.5 Å². The van der Waals surface area contributed by atoms with Crippen molar-refractivity contribution in [2.45, 2.75) is 19.3 Å². The zero-order valence-corrected chi connectivity index (χ0v) is 17.3. The lowest BCUT2D eigenvalue weighted by atomic mass is 9.88. The second-order valence-electron chi connectivity index (χ2n) is 7.25. The number of hydrogen-bond donors (Lipinski definition) is 1. The second-order valence-corrected chi connectivity index (χ2v) is 8.17. The van der Waals surface area contributed by atoms with Crippen molar-refractivity contribution in [1.82, 2.24) is 19.9 Å². The van der Waals surface area contributed by atoms with Gasteiger partial charge in [0.1, 0.15) is 5.82 Å². The van der Waals surface area contributed by atoms with Crippen molar-refractivity contribution in [2.24, 2.45) is 0 Å². The average Bonchev–Trinajstić information content (AvgIpc) is 2.73. The molecule has 0 aliphatic carbocycles. The minimum absolute atomic E-state index is 0.154. The van der Waals surface area contributed by atoms with Crippen molar-refractivity contribution in [1.29, 1.82) is 0 Å². The number of fused-ring (bicyclic) bond motifs is 1. The van der Waals surface area contributed by atoms with Gasteiger partial charge in [-0.15, -0.1) is 0 Å². The highest BCUT2D eigenvalue weighted by Crippen LogP contribution is 2.29. The Balaban J connectivity index is 1.73. The molecule has 3 heterocycles. The van der Waals surface area contributed by atoms with Gasteiger partial charge in [0.25, 0.3) is 0 Å². The third-order valence-electron chi connectivity index (χ3n) is 4.63. The van der Waals surface area contributed by atoms with E-state index in [1.54, 1.807) is 12.4 Å². The monoisotopic (exact) mass is 433 g/mol. The summed E-state index contributed by atoms with van der Waals surface area (Å²) in [5.41, 5.74) is 2.66. The summed E-state index contributed by atoms with van der Waals surface area (Å²) in [4.78, 5) is 18.2. The first-order valence-electron chi connectivity index (χ1n) is 9.06. The fourth-order valence-electron chi connectivity index (χ4n) is 3.02. The Hall–Kier alpha value is -2.86. The van der Waals surface area contributed by atoms with Gasteiger partial charge in [0, 0.05) is 51.7 Å². The average molecular weight is 434 g/mol. The summed E-state index contributed by atoms with van der Waals surface area (Å²) >= 11 is 3.55. The summed E-state index contributed by atoms with van der Waals surface area (Å²) in [5, 5.41) is 4.50. The minimum Gasteiger partial charge on any atom is -0.369 e. The van der Waals surface area contributed by atoms with Gasteiger partial charge < -0.3 is 5.32 Å². The summed E-state index contributed by atoms with van der Waals surface area (Å²) < 4.78 is 0.991. The number of hydrogen-bond acceptors (Lipinski definition) is 5. The Kier molecular flexibility index (Phi) is 5.05. The van der Waals surface area contributed by atoms with E-state index >= 15 is 0 Å². The number of aromatic nitrogens is 4. The first-order valence-corrected chi connectivity index (χ1v) is 9.85. The van der Waals surface area contributed by atoms with Crippen LogP contribution >= 0.6 is 15.9 Å². The minimum atomic E-state index is -0.154. The molecular formula is C22H20BrN5. The van der Waals surface area contributed by atoms with E-state index < -0.39 is 0 Å². The zero-order chi connectivity index (χ0) is 19.6. The molecule has 0 unspecified atom stereocenters. The van der Waals surface area contributed by atoms with Gasteiger partial charge in [-0.3, -0.25) is 9.97 Å². The molecular weight excluding hydrogens is 414 g/mol. The van der Waals surface area contributed by atoms with Crippen LogP contribution in [0.25, 0.3) is 22.3 Å². The lowest BCUT2D eigenvalue weighted by molar-refractivity contribution is 0.538. The topological polar surface area (TPSA) is 63.6 Å². The lowest BCUT2D eigenvalue weighted by Gasteiger charge is -2.25. The van der Waals surface area contributed by atoms with E-state index in [4.69, 9.17) is 9.97 Å². The van der Waals surface area contributed by atoms with E-state index in [0.717, 1.165) is 32.5 Å². The van der Waals surface area contributed by atoms with E-state index in [0.29, 0.717) is 12.4 Å².